The molecule has 0 aliphatic rings. The van der Waals surface area contributed by atoms with Crippen molar-refractivity contribution in [3.05, 3.63) is 58.1 Å². The predicted octanol–water partition coefficient (Wildman–Crippen LogP) is 4.53. The van der Waals surface area contributed by atoms with E-state index in [4.69, 9.17) is 0 Å². The van der Waals surface area contributed by atoms with Gasteiger partial charge in [-0.3, -0.25) is 0 Å². The molecule has 2 aromatic carbocycles. The molecule has 2 aromatic rings. The fourth-order valence-corrected chi connectivity index (χ4v) is 2.41. The Kier molecular flexibility index (Phi) is 4.56. The summed E-state index contributed by atoms with van der Waals surface area (Å²) in [5.74, 6) is 0. The number of hydrogen-bond donors (Lipinski definition) is 1. The molecule has 0 atom stereocenters. The van der Waals surface area contributed by atoms with Gasteiger partial charge in [0.15, 0.2) is 0 Å². The highest BCUT2D eigenvalue weighted by Crippen LogP contribution is 2.27. The first-order valence-electron chi connectivity index (χ1n) is 6.27. The van der Waals surface area contributed by atoms with Gasteiger partial charge in [0.1, 0.15) is 0 Å². The zero-order valence-corrected chi connectivity index (χ0v) is 12.4. The van der Waals surface area contributed by atoms with Crippen LogP contribution in [-0.4, -0.2) is 6.54 Å². The van der Waals surface area contributed by atoms with Gasteiger partial charge < -0.3 is 5.32 Å². The molecule has 0 fully saturated rings. The van der Waals surface area contributed by atoms with E-state index in [-0.39, 0.29) is 0 Å². The smallest absolute Gasteiger partial charge is 0.0205 e. The van der Waals surface area contributed by atoms with E-state index < -0.39 is 0 Å². The van der Waals surface area contributed by atoms with Crippen LogP contribution in [0.15, 0.2) is 46.9 Å². The van der Waals surface area contributed by atoms with Crippen LogP contribution in [0.1, 0.15) is 18.1 Å². The Labute approximate surface area is 117 Å². The van der Waals surface area contributed by atoms with Gasteiger partial charge in [-0.05, 0) is 53.9 Å². The molecule has 2 rings (SSSR count). The minimum Gasteiger partial charge on any atom is -0.313 e. The maximum atomic E-state index is 3.53. The molecule has 0 aromatic heterocycles. The number of nitrogens with one attached hydrogen (secondary N) is 1. The third kappa shape index (κ3) is 3.21. The van der Waals surface area contributed by atoms with Gasteiger partial charge in [-0.25, -0.2) is 0 Å². The fraction of sp³-hybridized carbons (Fsp3) is 0.250. The highest BCUT2D eigenvalue weighted by Gasteiger charge is 2.04. The minimum atomic E-state index is 0.928. The Balaban J connectivity index is 2.37. The van der Waals surface area contributed by atoms with Gasteiger partial charge >= 0.3 is 0 Å². The van der Waals surface area contributed by atoms with Crippen molar-refractivity contribution in [1.29, 1.82) is 0 Å². The summed E-state index contributed by atoms with van der Waals surface area (Å²) >= 11 is 3.53. The molecule has 18 heavy (non-hydrogen) atoms. The van der Waals surface area contributed by atoms with E-state index in [0.717, 1.165) is 17.6 Å². The molecule has 1 N–H and O–H groups in total. The zero-order chi connectivity index (χ0) is 13.0. The summed E-state index contributed by atoms with van der Waals surface area (Å²) in [7, 11) is 0. The summed E-state index contributed by atoms with van der Waals surface area (Å²) in [6.45, 7) is 6.22. The summed E-state index contributed by atoms with van der Waals surface area (Å²) in [5.41, 5.74) is 5.22. The highest BCUT2D eigenvalue weighted by molar-refractivity contribution is 9.10. The van der Waals surface area contributed by atoms with Crippen LogP contribution in [0.4, 0.5) is 0 Å². The molecule has 0 bridgehead atoms. The molecule has 0 heterocycles. The lowest BCUT2D eigenvalue weighted by Gasteiger charge is -2.10. The van der Waals surface area contributed by atoms with Gasteiger partial charge in [-0.1, -0.05) is 47.1 Å². The highest BCUT2D eigenvalue weighted by atomic mass is 79.9. The molecule has 0 aliphatic carbocycles. The second-order valence-corrected chi connectivity index (χ2v) is 5.36. The molecule has 2 heteroatoms. The SMILES string of the molecule is CCNCc1ccc(C)c(-c2cccc(Br)c2)c1. The standard InChI is InChI=1S/C16H18BrN/c1-3-18-11-13-8-7-12(2)16(9-13)14-5-4-6-15(17)10-14/h4-10,18H,3,11H2,1-2H3. The monoisotopic (exact) mass is 303 g/mol. The predicted molar refractivity (Wildman–Crippen MR) is 81.7 cm³/mol. The maximum Gasteiger partial charge on any atom is 0.0205 e. The van der Waals surface area contributed by atoms with Crippen LogP contribution in [0.25, 0.3) is 11.1 Å². The van der Waals surface area contributed by atoms with Gasteiger partial charge in [0, 0.05) is 11.0 Å². The summed E-state index contributed by atoms with van der Waals surface area (Å²) in [6, 6.07) is 15.1. The van der Waals surface area contributed by atoms with Gasteiger partial charge in [0.05, 0.1) is 0 Å². The van der Waals surface area contributed by atoms with E-state index in [1.54, 1.807) is 0 Å². The second-order valence-electron chi connectivity index (χ2n) is 4.44. The van der Waals surface area contributed by atoms with Gasteiger partial charge in [-0.2, -0.15) is 0 Å². The van der Waals surface area contributed by atoms with Crippen LogP contribution in [-0.2, 0) is 6.54 Å². The number of benzene rings is 2. The number of hydrogen-bond acceptors (Lipinski definition) is 1. The first-order chi connectivity index (χ1) is 8.70. The average Bonchev–Trinajstić information content (AvgIpc) is 2.38. The quantitative estimate of drug-likeness (QED) is 0.875. The minimum absolute atomic E-state index is 0.928. The van der Waals surface area contributed by atoms with Gasteiger partial charge in [0.2, 0.25) is 0 Å². The molecular weight excluding hydrogens is 286 g/mol. The molecular formula is C16H18BrN. The Hall–Kier alpha value is -1.12. The third-order valence-corrected chi connectivity index (χ3v) is 3.51. The van der Waals surface area contributed by atoms with Crippen molar-refractivity contribution < 1.29 is 0 Å². The maximum absolute atomic E-state index is 3.53. The van der Waals surface area contributed by atoms with Crippen molar-refractivity contribution in [1.82, 2.24) is 5.32 Å². The molecule has 0 saturated heterocycles. The van der Waals surface area contributed by atoms with E-state index in [0.29, 0.717) is 0 Å². The summed E-state index contributed by atoms with van der Waals surface area (Å²) in [4.78, 5) is 0. The largest absolute Gasteiger partial charge is 0.313 e. The first-order valence-corrected chi connectivity index (χ1v) is 7.06. The van der Waals surface area contributed by atoms with Crippen molar-refractivity contribution in [3.8, 4) is 11.1 Å². The van der Waals surface area contributed by atoms with E-state index in [1.807, 2.05) is 0 Å². The van der Waals surface area contributed by atoms with Gasteiger partial charge in [-0.15, -0.1) is 0 Å². The van der Waals surface area contributed by atoms with Crippen molar-refractivity contribution in [2.45, 2.75) is 20.4 Å². The van der Waals surface area contributed by atoms with E-state index >= 15 is 0 Å². The van der Waals surface area contributed by atoms with E-state index in [1.165, 1.54) is 22.3 Å². The van der Waals surface area contributed by atoms with Crippen LogP contribution in [0.5, 0.6) is 0 Å². The van der Waals surface area contributed by atoms with Crippen LogP contribution < -0.4 is 5.32 Å². The Morgan fingerprint density at radius 3 is 2.67 bits per heavy atom. The molecule has 0 aliphatic heterocycles. The van der Waals surface area contributed by atoms with Crippen molar-refractivity contribution >= 4 is 15.9 Å². The van der Waals surface area contributed by atoms with Crippen molar-refractivity contribution in [2.24, 2.45) is 0 Å². The van der Waals surface area contributed by atoms with Gasteiger partial charge in [0.25, 0.3) is 0 Å². The second kappa shape index (κ2) is 6.17. The topological polar surface area (TPSA) is 12.0 Å². The van der Waals surface area contributed by atoms with Crippen molar-refractivity contribution in [3.63, 3.8) is 0 Å². The number of rotatable bonds is 4. The molecule has 0 unspecified atom stereocenters. The van der Waals surface area contributed by atoms with E-state index in [9.17, 15) is 0 Å². The normalized spacial score (nSPS) is 10.6. The molecule has 0 amide bonds. The van der Waals surface area contributed by atoms with Crippen LogP contribution in [0.2, 0.25) is 0 Å². The molecule has 0 radical (unpaired) electrons. The molecule has 0 spiro atoms. The zero-order valence-electron chi connectivity index (χ0n) is 10.8. The molecule has 94 valence electrons. The van der Waals surface area contributed by atoms with Crippen LogP contribution in [0, 0.1) is 6.92 Å². The number of aryl methyl sites for hydroxylation is 1. The Morgan fingerprint density at radius 2 is 1.94 bits per heavy atom. The first kappa shape index (κ1) is 13.3. The average molecular weight is 304 g/mol. The Morgan fingerprint density at radius 1 is 1.11 bits per heavy atom. The summed E-state index contributed by atoms with van der Waals surface area (Å²) < 4.78 is 1.12. The molecule has 1 nitrogen and oxygen atoms in total. The number of halogens is 1. The lowest BCUT2D eigenvalue weighted by atomic mass is 9.98. The lowest BCUT2D eigenvalue weighted by Crippen LogP contribution is -2.11. The van der Waals surface area contributed by atoms with Crippen LogP contribution in [0.3, 0.4) is 0 Å². The summed E-state index contributed by atoms with van der Waals surface area (Å²) in [6.07, 6.45) is 0. The Bertz CT molecular complexity index is 534. The fourth-order valence-electron chi connectivity index (χ4n) is 2.02. The lowest BCUT2D eigenvalue weighted by molar-refractivity contribution is 0.727. The molecule has 0 saturated carbocycles. The van der Waals surface area contributed by atoms with Crippen LogP contribution >= 0.6 is 15.9 Å². The van der Waals surface area contributed by atoms with E-state index in [2.05, 4.69) is 77.6 Å². The summed E-state index contributed by atoms with van der Waals surface area (Å²) in [5, 5.41) is 3.36. The third-order valence-electron chi connectivity index (χ3n) is 3.02. The van der Waals surface area contributed by atoms with Crippen molar-refractivity contribution in [2.75, 3.05) is 6.54 Å².